The molecule has 5 heteroatoms. The van der Waals surface area contributed by atoms with Crippen LogP contribution >= 0.6 is 0 Å². The lowest BCUT2D eigenvalue weighted by molar-refractivity contribution is -0.314. The first kappa shape index (κ1) is 14.4. The molecule has 108 valence electrons. The van der Waals surface area contributed by atoms with Gasteiger partial charge in [0.1, 0.15) is 5.75 Å². The predicted molar refractivity (Wildman–Crippen MR) is 70.9 cm³/mol. The van der Waals surface area contributed by atoms with Crippen LogP contribution in [0.15, 0.2) is 24.3 Å². The van der Waals surface area contributed by atoms with Crippen molar-refractivity contribution in [1.82, 2.24) is 4.90 Å². The number of nitrogens with zero attached hydrogens (tertiary/aromatic N) is 1. The molecule has 1 heterocycles. The lowest BCUT2D eigenvalue weighted by Gasteiger charge is -2.41. The second-order valence-electron chi connectivity index (χ2n) is 4.86. The summed E-state index contributed by atoms with van der Waals surface area (Å²) in [5.41, 5.74) is 0.801. The Labute approximate surface area is 118 Å². The van der Waals surface area contributed by atoms with E-state index >= 15 is 0 Å². The normalized spacial score (nSPS) is 22.7. The molecule has 0 saturated carbocycles. The number of carbonyl (C=O) groups excluding carboxylic acids is 2. The summed E-state index contributed by atoms with van der Waals surface area (Å²) in [6.45, 7) is 2.34. The number of benzene rings is 1. The summed E-state index contributed by atoms with van der Waals surface area (Å²) >= 11 is 0. The van der Waals surface area contributed by atoms with Gasteiger partial charge in [0.2, 0.25) is 5.91 Å². The van der Waals surface area contributed by atoms with Crippen LogP contribution in [0.4, 0.5) is 0 Å². The number of carbonyl (C=O) groups is 2. The summed E-state index contributed by atoms with van der Waals surface area (Å²) in [5.74, 6) is -1.08. The number of aliphatic carboxylic acids is 1. The molecule has 0 spiro atoms. The van der Waals surface area contributed by atoms with Crippen molar-refractivity contribution in [2.24, 2.45) is 5.92 Å². The molecule has 1 aromatic carbocycles. The van der Waals surface area contributed by atoms with E-state index in [0.29, 0.717) is 18.7 Å². The van der Waals surface area contributed by atoms with Crippen molar-refractivity contribution in [3.05, 3.63) is 29.8 Å². The number of hydrogen-bond donors (Lipinski definition) is 0. The van der Waals surface area contributed by atoms with Crippen LogP contribution < -0.4 is 9.84 Å². The van der Waals surface area contributed by atoms with Crippen molar-refractivity contribution in [1.29, 1.82) is 0 Å². The first-order valence-electron chi connectivity index (χ1n) is 6.72. The second-order valence-corrected chi connectivity index (χ2v) is 4.86. The van der Waals surface area contributed by atoms with E-state index in [2.05, 4.69) is 0 Å². The topological polar surface area (TPSA) is 69.7 Å². The molecule has 20 heavy (non-hydrogen) atoms. The highest BCUT2D eigenvalue weighted by atomic mass is 16.5. The van der Waals surface area contributed by atoms with Gasteiger partial charge >= 0.3 is 0 Å². The molecule has 2 atom stereocenters. The van der Waals surface area contributed by atoms with Gasteiger partial charge in [-0.05, 0) is 31.0 Å². The van der Waals surface area contributed by atoms with Crippen molar-refractivity contribution in [2.45, 2.75) is 25.8 Å². The van der Waals surface area contributed by atoms with Crippen LogP contribution in [-0.2, 0) is 9.59 Å². The maximum atomic E-state index is 12.0. The molecule has 5 nitrogen and oxygen atoms in total. The first-order chi connectivity index (χ1) is 9.58. The SMILES string of the molecule is CCN1C(=O)CC[C@H](C(=O)[O-])[C@H]1c1ccc(OC)cc1. The van der Waals surface area contributed by atoms with E-state index in [9.17, 15) is 14.7 Å². The van der Waals surface area contributed by atoms with Gasteiger partial charge in [0.15, 0.2) is 0 Å². The summed E-state index contributed by atoms with van der Waals surface area (Å²) in [6.07, 6.45) is 0.591. The molecule has 1 saturated heterocycles. The van der Waals surface area contributed by atoms with Crippen molar-refractivity contribution in [3.8, 4) is 5.75 Å². The Hall–Kier alpha value is -2.04. The summed E-state index contributed by atoms with van der Waals surface area (Å²) in [6, 6.07) is 6.70. The van der Waals surface area contributed by atoms with Crippen molar-refractivity contribution >= 4 is 11.9 Å². The van der Waals surface area contributed by atoms with Crippen LogP contribution in [-0.4, -0.2) is 30.4 Å². The van der Waals surface area contributed by atoms with E-state index in [0.717, 1.165) is 5.56 Å². The van der Waals surface area contributed by atoms with Gasteiger partial charge in [0.05, 0.1) is 13.2 Å². The molecule has 2 rings (SSSR count). The minimum atomic E-state index is -1.10. The molecular formula is C15H18NO4-. The molecule has 1 aromatic rings. The molecule has 0 radical (unpaired) electrons. The van der Waals surface area contributed by atoms with Crippen molar-refractivity contribution < 1.29 is 19.4 Å². The van der Waals surface area contributed by atoms with Crippen molar-refractivity contribution in [2.75, 3.05) is 13.7 Å². The van der Waals surface area contributed by atoms with Gasteiger partial charge in [-0.25, -0.2) is 0 Å². The molecule has 0 N–H and O–H groups in total. The Balaban J connectivity index is 2.38. The number of rotatable bonds is 4. The number of methoxy groups -OCH3 is 1. The lowest BCUT2D eigenvalue weighted by atomic mass is 9.84. The standard InChI is InChI=1S/C15H19NO4/c1-3-16-13(17)9-8-12(15(18)19)14(16)10-4-6-11(20-2)7-5-10/h4-7,12,14H,3,8-9H2,1-2H3,(H,18,19)/p-1/t12-,14+/m0/s1. The summed E-state index contributed by atoms with van der Waals surface area (Å²) in [7, 11) is 1.57. The van der Waals surface area contributed by atoms with Crippen molar-refractivity contribution in [3.63, 3.8) is 0 Å². The summed E-state index contributed by atoms with van der Waals surface area (Å²) < 4.78 is 5.10. The number of hydrogen-bond acceptors (Lipinski definition) is 4. The molecule has 0 aromatic heterocycles. The smallest absolute Gasteiger partial charge is 0.223 e. The number of piperidine rings is 1. The average molecular weight is 276 g/mol. The lowest BCUT2D eigenvalue weighted by Crippen LogP contribution is -2.48. The zero-order valence-corrected chi connectivity index (χ0v) is 11.7. The zero-order chi connectivity index (χ0) is 14.7. The van der Waals surface area contributed by atoms with E-state index in [1.165, 1.54) is 0 Å². The fourth-order valence-corrected chi connectivity index (χ4v) is 2.79. The monoisotopic (exact) mass is 276 g/mol. The van der Waals surface area contributed by atoms with Gasteiger partial charge < -0.3 is 19.5 Å². The molecule has 0 bridgehead atoms. The number of carboxylic acid groups (broad SMARTS) is 1. The van der Waals surface area contributed by atoms with Gasteiger partial charge in [0.25, 0.3) is 0 Å². The van der Waals surface area contributed by atoms with Gasteiger partial charge in [-0.2, -0.15) is 0 Å². The van der Waals surface area contributed by atoms with E-state index < -0.39 is 17.9 Å². The maximum absolute atomic E-state index is 12.0. The third kappa shape index (κ3) is 2.61. The average Bonchev–Trinajstić information content (AvgIpc) is 2.46. The Morgan fingerprint density at radius 3 is 2.55 bits per heavy atom. The van der Waals surface area contributed by atoms with E-state index in [4.69, 9.17) is 4.74 Å². The largest absolute Gasteiger partial charge is 0.550 e. The van der Waals surface area contributed by atoms with Crippen LogP contribution in [0, 0.1) is 5.92 Å². The van der Waals surface area contributed by atoms with E-state index in [1.54, 1.807) is 36.3 Å². The quantitative estimate of drug-likeness (QED) is 0.813. The fraction of sp³-hybridized carbons (Fsp3) is 0.467. The highest BCUT2D eigenvalue weighted by molar-refractivity contribution is 5.81. The molecular weight excluding hydrogens is 258 g/mol. The molecule has 1 aliphatic heterocycles. The Bertz CT molecular complexity index is 495. The van der Waals surface area contributed by atoms with Crippen LogP contribution in [0.5, 0.6) is 5.75 Å². The Kier molecular flexibility index (Phi) is 4.27. The first-order valence-corrected chi connectivity index (χ1v) is 6.72. The number of amides is 1. The van der Waals surface area contributed by atoms with Gasteiger partial charge in [-0.3, -0.25) is 4.79 Å². The minimum absolute atomic E-state index is 0.00850. The van der Waals surface area contributed by atoms with Crippen LogP contribution in [0.25, 0.3) is 0 Å². The zero-order valence-electron chi connectivity index (χ0n) is 11.7. The van der Waals surface area contributed by atoms with Crippen LogP contribution in [0.1, 0.15) is 31.4 Å². The summed E-state index contributed by atoms with van der Waals surface area (Å²) in [4.78, 5) is 25.0. The van der Waals surface area contributed by atoms with Gasteiger partial charge in [0, 0.05) is 24.9 Å². The number of ether oxygens (including phenoxy) is 1. The Morgan fingerprint density at radius 2 is 2.05 bits per heavy atom. The van der Waals surface area contributed by atoms with Crippen LogP contribution in [0.3, 0.4) is 0 Å². The minimum Gasteiger partial charge on any atom is -0.550 e. The predicted octanol–water partition coefficient (Wildman–Crippen LogP) is 0.745. The second kappa shape index (κ2) is 5.94. The Morgan fingerprint density at radius 1 is 1.40 bits per heavy atom. The number of carboxylic acids is 1. The van der Waals surface area contributed by atoms with E-state index in [-0.39, 0.29) is 12.3 Å². The number of likely N-dealkylation sites (tertiary alicyclic amines) is 1. The maximum Gasteiger partial charge on any atom is 0.223 e. The third-order valence-corrected chi connectivity index (χ3v) is 3.81. The molecule has 0 unspecified atom stereocenters. The molecule has 1 amide bonds. The van der Waals surface area contributed by atoms with Crippen LogP contribution in [0.2, 0.25) is 0 Å². The third-order valence-electron chi connectivity index (χ3n) is 3.81. The summed E-state index contributed by atoms with van der Waals surface area (Å²) in [5, 5.41) is 11.4. The fourth-order valence-electron chi connectivity index (χ4n) is 2.79. The molecule has 0 aliphatic carbocycles. The van der Waals surface area contributed by atoms with Gasteiger partial charge in [-0.1, -0.05) is 12.1 Å². The van der Waals surface area contributed by atoms with E-state index in [1.807, 2.05) is 6.92 Å². The highest BCUT2D eigenvalue weighted by Crippen LogP contribution is 2.36. The van der Waals surface area contributed by atoms with Gasteiger partial charge in [-0.15, -0.1) is 0 Å². The highest BCUT2D eigenvalue weighted by Gasteiger charge is 2.36. The molecule has 1 fully saturated rings. The molecule has 1 aliphatic rings.